The van der Waals surface area contributed by atoms with Crippen molar-refractivity contribution in [3.63, 3.8) is 0 Å². The van der Waals surface area contributed by atoms with Crippen molar-refractivity contribution in [3.8, 4) is 0 Å². The summed E-state index contributed by atoms with van der Waals surface area (Å²) in [4.78, 5) is 7.70. The molecule has 0 aromatic heterocycles. The molecule has 0 saturated heterocycles. The summed E-state index contributed by atoms with van der Waals surface area (Å²) in [6, 6.07) is 0. The number of hydrogen-bond donors (Lipinski definition) is 2. The first-order valence-corrected chi connectivity index (χ1v) is 2.95. The number of nitrogens with one attached hydrogen (secondary N) is 1. The van der Waals surface area contributed by atoms with Crippen LogP contribution in [0.25, 0.3) is 0 Å². The van der Waals surface area contributed by atoms with Crippen LogP contribution in [-0.2, 0) is 0 Å². The van der Waals surface area contributed by atoms with Crippen LogP contribution in [0.15, 0.2) is 9.98 Å². The minimum absolute atomic E-state index is 0.323. The minimum Gasteiger partial charge on any atom is -0.388 e. The van der Waals surface area contributed by atoms with Crippen molar-refractivity contribution in [1.82, 2.24) is 0 Å². The number of amidine groups is 1. The molecule has 0 aromatic carbocycles. The van der Waals surface area contributed by atoms with E-state index in [1.54, 1.807) is 13.8 Å². The predicted molar refractivity (Wildman–Crippen MR) is 44.1 cm³/mol. The van der Waals surface area contributed by atoms with E-state index >= 15 is 0 Å². The molecule has 0 saturated carbocycles. The molecule has 56 valence electrons. The van der Waals surface area contributed by atoms with Gasteiger partial charge in [0.1, 0.15) is 6.67 Å². The van der Waals surface area contributed by atoms with Crippen LogP contribution >= 0.6 is 0 Å². The van der Waals surface area contributed by atoms with E-state index in [2.05, 4.69) is 9.98 Å². The highest BCUT2D eigenvalue weighted by atomic mass is 15.0. The lowest BCUT2D eigenvalue weighted by Crippen LogP contribution is -2.05. The van der Waals surface area contributed by atoms with Crippen LogP contribution in [0.5, 0.6) is 0 Å². The lowest BCUT2D eigenvalue weighted by molar-refractivity contribution is 1.06. The average Bonchev–Trinajstić information content (AvgIpc) is 1.87. The highest BCUT2D eigenvalue weighted by molar-refractivity contribution is 6.28. The van der Waals surface area contributed by atoms with Gasteiger partial charge >= 0.3 is 0 Å². The fourth-order valence-corrected chi connectivity index (χ4v) is 0.304. The maximum Gasteiger partial charge on any atom is 0.131 e. The lowest BCUT2D eigenvalue weighted by atomic mass is 10.5. The van der Waals surface area contributed by atoms with Crippen LogP contribution in [-0.4, -0.2) is 24.4 Å². The summed E-state index contributed by atoms with van der Waals surface area (Å²) in [5.74, 6) is 0.515. The third kappa shape index (κ3) is 4.96. The predicted octanol–water partition coefficient (Wildman–Crippen LogP) is 0.431. The molecular weight excluding hydrogens is 128 g/mol. The molecule has 0 unspecified atom stereocenters. The summed E-state index contributed by atoms with van der Waals surface area (Å²) in [6.07, 6.45) is 1.18. The third-order valence-electron chi connectivity index (χ3n) is 0.849. The van der Waals surface area contributed by atoms with Crippen LogP contribution in [0.3, 0.4) is 0 Å². The Kier molecular flexibility index (Phi) is 4.11. The molecule has 3 N–H and O–H groups in total. The van der Waals surface area contributed by atoms with Gasteiger partial charge in [-0.3, -0.25) is 4.99 Å². The Bertz CT molecular complexity index is 165. The smallest absolute Gasteiger partial charge is 0.131 e. The average molecular weight is 140 g/mol. The fourth-order valence-electron chi connectivity index (χ4n) is 0.304. The zero-order chi connectivity index (χ0) is 7.98. The van der Waals surface area contributed by atoms with Crippen molar-refractivity contribution < 1.29 is 0 Å². The van der Waals surface area contributed by atoms with E-state index in [1.165, 1.54) is 6.21 Å². The second kappa shape index (κ2) is 4.67. The number of nitrogens with two attached hydrogens (primary N) is 1. The van der Waals surface area contributed by atoms with Crippen LogP contribution in [0, 0.1) is 5.41 Å². The Labute approximate surface area is 60.4 Å². The van der Waals surface area contributed by atoms with Crippen molar-refractivity contribution >= 4 is 17.8 Å². The van der Waals surface area contributed by atoms with E-state index in [0.29, 0.717) is 18.2 Å². The Morgan fingerprint density at radius 2 is 2.10 bits per heavy atom. The molecule has 0 aliphatic rings. The molecule has 4 nitrogen and oxygen atoms in total. The van der Waals surface area contributed by atoms with E-state index in [-0.39, 0.29) is 0 Å². The van der Waals surface area contributed by atoms with Gasteiger partial charge < -0.3 is 11.1 Å². The van der Waals surface area contributed by atoms with Crippen LogP contribution < -0.4 is 5.73 Å². The summed E-state index contributed by atoms with van der Waals surface area (Å²) in [5, 5.41) is 6.76. The third-order valence-corrected chi connectivity index (χ3v) is 0.849. The van der Waals surface area contributed by atoms with Gasteiger partial charge in [-0.25, -0.2) is 4.99 Å². The zero-order valence-corrected chi connectivity index (χ0v) is 6.26. The zero-order valence-electron chi connectivity index (χ0n) is 6.26. The van der Waals surface area contributed by atoms with E-state index in [1.807, 2.05) is 0 Å². The molecule has 0 radical (unpaired) electrons. The van der Waals surface area contributed by atoms with Gasteiger partial charge in [0, 0.05) is 6.21 Å². The van der Waals surface area contributed by atoms with Crippen LogP contribution in [0.4, 0.5) is 0 Å². The van der Waals surface area contributed by atoms with Gasteiger partial charge in [0.2, 0.25) is 0 Å². The number of aliphatic imine (C=N–C) groups is 2. The Hall–Kier alpha value is -1.19. The fraction of sp³-hybridized carbons (Fsp3) is 0.500. The molecular formula is C6H12N4. The highest BCUT2D eigenvalue weighted by Crippen LogP contribution is 1.76. The first-order valence-electron chi connectivity index (χ1n) is 2.95. The van der Waals surface area contributed by atoms with E-state index in [0.717, 1.165) is 0 Å². The molecule has 0 heterocycles. The molecule has 0 aromatic rings. The van der Waals surface area contributed by atoms with Crippen molar-refractivity contribution in [2.75, 3.05) is 6.67 Å². The van der Waals surface area contributed by atoms with Gasteiger partial charge in [-0.05, 0) is 13.8 Å². The number of rotatable bonds is 3. The van der Waals surface area contributed by atoms with Gasteiger partial charge in [0.15, 0.2) is 0 Å². The SMILES string of the molecule is C/C(N)=N/C/N=C(/C)C=N. The largest absolute Gasteiger partial charge is 0.388 e. The molecule has 10 heavy (non-hydrogen) atoms. The second-order valence-electron chi connectivity index (χ2n) is 1.88. The Balaban J connectivity index is 3.74. The van der Waals surface area contributed by atoms with Crippen molar-refractivity contribution in [1.29, 1.82) is 5.41 Å². The van der Waals surface area contributed by atoms with Gasteiger partial charge in [0.25, 0.3) is 0 Å². The van der Waals surface area contributed by atoms with Gasteiger partial charge in [-0.15, -0.1) is 0 Å². The van der Waals surface area contributed by atoms with E-state index < -0.39 is 0 Å². The topological polar surface area (TPSA) is 74.6 Å². The molecule has 4 heteroatoms. The quantitative estimate of drug-likeness (QED) is 0.433. The number of nitrogens with zero attached hydrogens (tertiary/aromatic N) is 2. The molecule has 0 fully saturated rings. The maximum atomic E-state index is 6.76. The second-order valence-corrected chi connectivity index (χ2v) is 1.88. The normalized spacial score (nSPS) is 13.4. The van der Waals surface area contributed by atoms with Crippen molar-refractivity contribution in [3.05, 3.63) is 0 Å². The van der Waals surface area contributed by atoms with Crippen LogP contribution in [0.1, 0.15) is 13.8 Å². The molecule has 0 bridgehead atoms. The van der Waals surface area contributed by atoms with Gasteiger partial charge in [-0.1, -0.05) is 0 Å². The molecule has 0 spiro atoms. The number of hydrogen-bond acceptors (Lipinski definition) is 3. The van der Waals surface area contributed by atoms with Crippen molar-refractivity contribution in [2.24, 2.45) is 15.7 Å². The summed E-state index contributed by atoms with van der Waals surface area (Å²) in [7, 11) is 0. The molecule has 0 aliphatic heterocycles. The monoisotopic (exact) mass is 140 g/mol. The minimum atomic E-state index is 0.323. The van der Waals surface area contributed by atoms with Gasteiger partial charge in [0.05, 0.1) is 11.5 Å². The van der Waals surface area contributed by atoms with E-state index in [9.17, 15) is 0 Å². The Morgan fingerprint density at radius 3 is 2.50 bits per heavy atom. The maximum absolute atomic E-state index is 6.76. The summed E-state index contributed by atoms with van der Waals surface area (Å²) in [5.41, 5.74) is 5.90. The van der Waals surface area contributed by atoms with Gasteiger partial charge in [-0.2, -0.15) is 0 Å². The molecule has 0 atom stereocenters. The van der Waals surface area contributed by atoms with Crippen molar-refractivity contribution in [2.45, 2.75) is 13.8 Å². The molecule has 0 rings (SSSR count). The van der Waals surface area contributed by atoms with E-state index in [4.69, 9.17) is 11.1 Å². The Morgan fingerprint density at radius 1 is 1.50 bits per heavy atom. The summed E-state index contributed by atoms with van der Waals surface area (Å²) in [6.45, 7) is 3.77. The van der Waals surface area contributed by atoms with Crippen LogP contribution in [0.2, 0.25) is 0 Å². The summed E-state index contributed by atoms with van der Waals surface area (Å²) < 4.78 is 0. The molecule has 0 amide bonds. The molecule has 0 aliphatic carbocycles. The first kappa shape index (κ1) is 8.81. The highest BCUT2D eigenvalue weighted by Gasteiger charge is 1.80. The summed E-state index contributed by atoms with van der Waals surface area (Å²) >= 11 is 0. The first-order chi connectivity index (χ1) is 4.66. The lowest BCUT2D eigenvalue weighted by Gasteiger charge is -1.89. The standard InChI is InChI=1S/C6H12N4/c1-5(3-7)9-4-10-6(2)8/h3,7H,4H2,1-2H3,(H2,8,10)/b7-3?,9-5-.